The van der Waals surface area contributed by atoms with Crippen LogP contribution in [-0.4, -0.2) is 23.1 Å². The van der Waals surface area contributed by atoms with Gasteiger partial charge in [0.05, 0.1) is 6.42 Å². The highest BCUT2D eigenvalue weighted by Crippen LogP contribution is 2.18. The summed E-state index contributed by atoms with van der Waals surface area (Å²) in [6, 6.07) is 0. The van der Waals surface area contributed by atoms with Crippen LogP contribution in [0.3, 0.4) is 0 Å². The first kappa shape index (κ1) is 48.2. The summed E-state index contributed by atoms with van der Waals surface area (Å²) >= 11 is 0. The number of carbonyl (C=O) groups is 2. The van der Waals surface area contributed by atoms with Gasteiger partial charge >= 0.3 is 11.9 Å². The number of carboxylic acids is 1. The Labute approximate surface area is 311 Å². The Bertz CT molecular complexity index is 798. The maximum atomic E-state index is 12.4. The number of esters is 1. The predicted octanol–water partition coefficient (Wildman–Crippen LogP) is 15.3. The topological polar surface area (TPSA) is 63.6 Å². The van der Waals surface area contributed by atoms with E-state index in [-0.39, 0.29) is 12.4 Å². The van der Waals surface area contributed by atoms with Gasteiger partial charge in [-0.05, 0) is 51.4 Å². The molecule has 0 saturated heterocycles. The van der Waals surface area contributed by atoms with Crippen molar-refractivity contribution in [2.24, 2.45) is 0 Å². The number of hydrogen-bond donors (Lipinski definition) is 1. The summed E-state index contributed by atoms with van der Waals surface area (Å²) in [5.41, 5.74) is 0. The van der Waals surface area contributed by atoms with Gasteiger partial charge < -0.3 is 9.84 Å². The molecule has 4 nitrogen and oxygen atoms in total. The molecule has 0 radical (unpaired) electrons. The summed E-state index contributed by atoms with van der Waals surface area (Å²) in [4.78, 5) is 23.7. The molecule has 0 aromatic rings. The molecule has 0 aliphatic carbocycles. The highest BCUT2D eigenvalue weighted by molar-refractivity contribution is 5.71. The molecule has 1 atom stereocenters. The van der Waals surface area contributed by atoms with Crippen LogP contribution in [0.2, 0.25) is 0 Å². The molecule has 0 amide bonds. The monoisotopic (exact) mass is 701 g/mol. The van der Waals surface area contributed by atoms with Gasteiger partial charge in [-0.15, -0.1) is 0 Å². The maximum Gasteiger partial charge on any atom is 0.307 e. The van der Waals surface area contributed by atoms with Crippen LogP contribution in [0.1, 0.15) is 239 Å². The van der Waals surface area contributed by atoms with Crippen LogP contribution in [-0.2, 0) is 14.3 Å². The molecule has 1 unspecified atom stereocenters. The van der Waals surface area contributed by atoms with Crippen molar-refractivity contribution in [3.63, 3.8) is 0 Å². The van der Waals surface area contributed by atoms with Crippen molar-refractivity contribution in [2.75, 3.05) is 0 Å². The van der Waals surface area contributed by atoms with E-state index in [1.807, 2.05) is 0 Å². The first-order valence-electron chi connectivity index (χ1n) is 22.0. The van der Waals surface area contributed by atoms with Crippen molar-refractivity contribution in [3.8, 4) is 0 Å². The zero-order chi connectivity index (χ0) is 36.4. The number of carbonyl (C=O) groups excluding carboxylic acids is 1. The van der Waals surface area contributed by atoms with Crippen molar-refractivity contribution < 1.29 is 19.4 Å². The molecule has 1 N–H and O–H groups in total. The number of unbranched alkanes of at least 4 members (excludes halogenated alkanes) is 27. The van der Waals surface area contributed by atoms with Crippen LogP contribution < -0.4 is 0 Å². The van der Waals surface area contributed by atoms with Crippen LogP contribution in [0, 0.1) is 0 Å². The van der Waals surface area contributed by atoms with Crippen LogP contribution in [0.4, 0.5) is 0 Å². The molecule has 292 valence electrons. The quantitative estimate of drug-likeness (QED) is 0.0393. The minimum atomic E-state index is -0.879. The van der Waals surface area contributed by atoms with E-state index < -0.39 is 12.1 Å². The Morgan fingerprint density at radius 2 is 0.860 bits per heavy atom. The SMILES string of the molecule is CC/C=C\C/C=C\C/C=C\CCCCCCCCCCCC(=O)OC(CCCCCCCCCCCCCCCCCCCCC)CC(=O)O. The number of carboxylic acid groups (broad SMARTS) is 1. The van der Waals surface area contributed by atoms with Crippen LogP contribution in [0.15, 0.2) is 36.5 Å². The van der Waals surface area contributed by atoms with Gasteiger partial charge in [-0.1, -0.05) is 211 Å². The second-order valence-corrected chi connectivity index (χ2v) is 14.9. The summed E-state index contributed by atoms with van der Waals surface area (Å²) in [6.07, 6.45) is 54.7. The third kappa shape index (κ3) is 40.6. The van der Waals surface area contributed by atoms with Gasteiger partial charge in [-0.25, -0.2) is 0 Å². The summed E-state index contributed by atoms with van der Waals surface area (Å²) in [5.74, 6) is -1.10. The van der Waals surface area contributed by atoms with Crippen molar-refractivity contribution in [2.45, 2.75) is 245 Å². The molecule has 0 aromatic heterocycles. The number of hydrogen-bond acceptors (Lipinski definition) is 3. The lowest BCUT2D eigenvalue weighted by molar-refractivity contribution is -0.153. The average molecular weight is 701 g/mol. The third-order valence-corrected chi connectivity index (χ3v) is 9.86. The Balaban J connectivity index is 3.60. The molecule has 0 rings (SSSR count). The van der Waals surface area contributed by atoms with E-state index in [0.29, 0.717) is 12.8 Å². The second-order valence-electron chi connectivity index (χ2n) is 14.9. The van der Waals surface area contributed by atoms with Gasteiger partial charge in [-0.2, -0.15) is 0 Å². The van der Waals surface area contributed by atoms with Gasteiger partial charge in [-0.3, -0.25) is 9.59 Å². The molecule has 4 heteroatoms. The highest BCUT2D eigenvalue weighted by atomic mass is 16.5. The minimum absolute atomic E-state index is 0.0738. The average Bonchev–Trinajstić information content (AvgIpc) is 3.10. The number of rotatable bonds is 40. The Morgan fingerprint density at radius 3 is 1.30 bits per heavy atom. The normalized spacial score (nSPS) is 12.5. The lowest BCUT2D eigenvalue weighted by Crippen LogP contribution is -2.21. The van der Waals surface area contributed by atoms with Gasteiger partial charge in [0, 0.05) is 6.42 Å². The first-order chi connectivity index (χ1) is 24.6. The van der Waals surface area contributed by atoms with E-state index in [1.54, 1.807) is 0 Å². The standard InChI is InChI=1S/C46H84O4/c1-3-5-7-9-11-13-15-17-19-21-23-25-27-29-31-33-35-37-39-41-44(43-45(47)48)50-46(49)42-40-38-36-34-32-30-28-26-24-22-20-18-16-14-12-10-8-6-4-2/h6,8,12,14,18,20,44H,3-5,7,9-11,13,15-17,19,21-43H2,1-2H3,(H,47,48)/b8-6-,14-12-,20-18-. The summed E-state index contributed by atoms with van der Waals surface area (Å²) < 4.78 is 5.61. The van der Waals surface area contributed by atoms with Gasteiger partial charge in [0.1, 0.15) is 6.10 Å². The van der Waals surface area contributed by atoms with Crippen molar-refractivity contribution in [3.05, 3.63) is 36.5 Å². The molecule has 50 heavy (non-hydrogen) atoms. The molecular weight excluding hydrogens is 617 g/mol. The summed E-state index contributed by atoms with van der Waals surface area (Å²) in [6.45, 7) is 4.45. The fourth-order valence-electron chi connectivity index (χ4n) is 6.69. The largest absolute Gasteiger partial charge is 0.481 e. The van der Waals surface area contributed by atoms with Crippen LogP contribution in [0.25, 0.3) is 0 Å². The van der Waals surface area contributed by atoms with E-state index in [1.165, 1.54) is 154 Å². The molecule has 0 aliphatic rings. The molecule has 0 bridgehead atoms. The van der Waals surface area contributed by atoms with Gasteiger partial charge in [0.25, 0.3) is 0 Å². The molecule has 0 aromatic carbocycles. The van der Waals surface area contributed by atoms with E-state index >= 15 is 0 Å². The lowest BCUT2D eigenvalue weighted by Gasteiger charge is -2.16. The third-order valence-electron chi connectivity index (χ3n) is 9.86. The van der Waals surface area contributed by atoms with Crippen molar-refractivity contribution in [1.29, 1.82) is 0 Å². The molecule has 0 saturated carbocycles. The molecule has 0 spiro atoms. The molecule has 0 aliphatic heterocycles. The lowest BCUT2D eigenvalue weighted by atomic mass is 10.0. The first-order valence-corrected chi connectivity index (χ1v) is 22.0. The van der Waals surface area contributed by atoms with Gasteiger partial charge in [0.15, 0.2) is 0 Å². The van der Waals surface area contributed by atoms with Gasteiger partial charge in [0.2, 0.25) is 0 Å². The molecule has 0 heterocycles. The number of ether oxygens (including phenoxy) is 1. The second kappa shape index (κ2) is 41.6. The minimum Gasteiger partial charge on any atom is -0.481 e. The van der Waals surface area contributed by atoms with E-state index in [4.69, 9.17) is 4.74 Å². The molecule has 0 fully saturated rings. The van der Waals surface area contributed by atoms with E-state index in [2.05, 4.69) is 50.3 Å². The maximum absolute atomic E-state index is 12.4. The van der Waals surface area contributed by atoms with E-state index in [9.17, 15) is 14.7 Å². The van der Waals surface area contributed by atoms with Crippen LogP contribution in [0.5, 0.6) is 0 Å². The molecular formula is C46H84O4. The fourth-order valence-corrected chi connectivity index (χ4v) is 6.69. The Hall–Kier alpha value is -1.84. The van der Waals surface area contributed by atoms with Crippen molar-refractivity contribution in [1.82, 2.24) is 0 Å². The fraction of sp³-hybridized carbons (Fsp3) is 0.826. The van der Waals surface area contributed by atoms with Crippen LogP contribution >= 0.6 is 0 Å². The Kier molecular flexibility index (Phi) is 40.0. The highest BCUT2D eigenvalue weighted by Gasteiger charge is 2.17. The summed E-state index contributed by atoms with van der Waals surface area (Å²) in [7, 11) is 0. The predicted molar refractivity (Wildman–Crippen MR) is 218 cm³/mol. The van der Waals surface area contributed by atoms with Crippen molar-refractivity contribution >= 4 is 11.9 Å². The smallest absolute Gasteiger partial charge is 0.307 e. The number of aliphatic carboxylic acids is 1. The Morgan fingerprint density at radius 1 is 0.480 bits per heavy atom. The zero-order valence-corrected chi connectivity index (χ0v) is 33.5. The zero-order valence-electron chi connectivity index (χ0n) is 33.5. The summed E-state index contributed by atoms with van der Waals surface area (Å²) in [5, 5.41) is 9.30. The number of allylic oxidation sites excluding steroid dienone is 6. The van der Waals surface area contributed by atoms with E-state index in [0.717, 1.165) is 51.4 Å².